The molecule has 18 heavy (non-hydrogen) atoms. The zero-order chi connectivity index (χ0) is 14.4. The molecule has 108 valence electrons. The highest BCUT2D eigenvalue weighted by molar-refractivity contribution is 5.76. The van der Waals surface area contributed by atoms with Crippen LogP contribution in [0.3, 0.4) is 0 Å². The quantitative estimate of drug-likeness (QED) is 0.574. The summed E-state index contributed by atoms with van der Waals surface area (Å²) in [6.07, 6.45) is 4.95. The molecule has 0 aliphatic carbocycles. The second-order valence-electron chi connectivity index (χ2n) is 6.30. The Morgan fingerprint density at radius 2 is 1.67 bits per heavy atom. The normalized spacial score (nSPS) is 15.6. The highest BCUT2D eigenvalue weighted by atomic mass is 16.6. The number of carbonyl (C=O) groups is 1. The van der Waals surface area contributed by atoms with E-state index in [2.05, 4.69) is 27.7 Å². The second-order valence-corrected chi connectivity index (χ2v) is 6.30. The van der Waals surface area contributed by atoms with Crippen LogP contribution in [-0.4, -0.2) is 11.6 Å². The van der Waals surface area contributed by atoms with Gasteiger partial charge < -0.3 is 4.74 Å². The maximum atomic E-state index is 12.3. The van der Waals surface area contributed by atoms with Gasteiger partial charge in [0, 0.05) is 0 Å². The largest absolute Gasteiger partial charge is 0.458 e. The van der Waals surface area contributed by atoms with E-state index in [0.29, 0.717) is 5.92 Å². The lowest BCUT2D eigenvalue weighted by molar-refractivity contribution is -0.178. The summed E-state index contributed by atoms with van der Waals surface area (Å²) in [7, 11) is 0. The third-order valence-electron chi connectivity index (χ3n) is 4.34. The minimum Gasteiger partial charge on any atom is -0.458 e. The summed E-state index contributed by atoms with van der Waals surface area (Å²) in [5.41, 5.74) is -0.652. The van der Waals surface area contributed by atoms with Gasteiger partial charge in [-0.25, -0.2) is 0 Å². The summed E-state index contributed by atoms with van der Waals surface area (Å²) in [5.74, 6) is 0.322. The first-order valence-electron chi connectivity index (χ1n) is 7.49. The van der Waals surface area contributed by atoms with Crippen LogP contribution in [0.15, 0.2) is 0 Å². The molecule has 0 rings (SSSR count). The van der Waals surface area contributed by atoms with Gasteiger partial charge >= 0.3 is 5.97 Å². The molecule has 2 heteroatoms. The van der Waals surface area contributed by atoms with Crippen molar-refractivity contribution in [3.05, 3.63) is 0 Å². The molecule has 0 bridgehead atoms. The van der Waals surface area contributed by atoms with Crippen molar-refractivity contribution >= 4 is 5.97 Å². The summed E-state index contributed by atoms with van der Waals surface area (Å²) in [6, 6.07) is 0. The van der Waals surface area contributed by atoms with Crippen molar-refractivity contribution in [2.45, 2.75) is 86.2 Å². The van der Waals surface area contributed by atoms with Crippen molar-refractivity contribution < 1.29 is 9.53 Å². The molecular weight excluding hydrogens is 224 g/mol. The number of hydrogen-bond donors (Lipinski definition) is 0. The molecule has 0 aromatic carbocycles. The lowest BCUT2D eigenvalue weighted by atomic mass is 9.82. The van der Waals surface area contributed by atoms with Crippen molar-refractivity contribution in [2.24, 2.45) is 11.3 Å². The number of hydrogen-bond acceptors (Lipinski definition) is 2. The molecule has 1 atom stereocenters. The third-order valence-corrected chi connectivity index (χ3v) is 4.34. The Balaban J connectivity index is 4.94. The SMILES string of the molecule is CCCCC(CC)(OC(=O)C(C)(C)CC)C(C)C. The summed E-state index contributed by atoms with van der Waals surface area (Å²) in [4.78, 5) is 12.3. The van der Waals surface area contributed by atoms with E-state index in [0.717, 1.165) is 32.1 Å². The number of ether oxygens (including phenoxy) is 1. The van der Waals surface area contributed by atoms with Crippen LogP contribution < -0.4 is 0 Å². The van der Waals surface area contributed by atoms with E-state index < -0.39 is 0 Å². The first-order chi connectivity index (χ1) is 8.25. The monoisotopic (exact) mass is 256 g/mol. The Bertz CT molecular complexity index is 256. The molecule has 2 nitrogen and oxygen atoms in total. The van der Waals surface area contributed by atoms with Crippen molar-refractivity contribution in [1.82, 2.24) is 0 Å². The number of esters is 1. The van der Waals surface area contributed by atoms with E-state index in [1.165, 1.54) is 0 Å². The van der Waals surface area contributed by atoms with Gasteiger partial charge in [0.1, 0.15) is 5.60 Å². The molecule has 0 spiro atoms. The molecule has 0 radical (unpaired) electrons. The lowest BCUT2D eigenvalue weighted by Crippen LogP contribution is -2.43. The average Bonchev–Trinajstić information content (AvgIpc) is 2.33. The first-order valence-corrected chi connectivity index (χ1v) is 7.49. The van der Waals surface area contributed by atoms with Crippen LogP contribution in [0.5, 0.6) is 0 Å². The summed E-state index contributed by atoms with van der Waals surface area (Å²) in [5, 5.41) is 0. The molecule has 0 aromatic rings. The van der Waals surface area contributed by atoms with Gasteiger partial charge in [-0.05, 0) is 45.4 Å². The molecule has 0 fully saturated rings. The Morgan fingerprint density at radius 3 is 2.00 bits per heavy atom. The second kappa shape index (κ2) is 7.16. The van der Waals surface area contributed by atoms with Crippen molar-refractivity contribution in [3.63, 3.8) is 0 Å². The van der Waals surface area contributed by atoms with Crippen molar-refractivity contribution in [3.8, 4) is 0 Å². The zero-order valence-corrected chi connectivity index (χ0v) is 13.4. The average molecular weight is 256 g/mol. The molecule has 0 aliphatic rings. The van der Waals surface area contributed by atoms with Gasteiger partial charge in [-0.15, -0.1) is 0 Å². The topological polar surface area (TPSA) is 26.3 Å². The Labute approximate surface area is 113 Å². The van der Waals surface area contributed by atoms with Gasteiger partial charge in [-0.3, -0.25) is 4.79 Å². The van der Waals surface area contributed by atoms with Crippen LogP contribution in [-0.2, 0) is 9.53 Å². The number of unbranched alkanes of at least 4 members (excludes halogenated alkanes) is 1. The molecule has 0 saturated heterocycles. The number of carbonyl (C=O) groups excluding carboxylic acids is 1. The smallest absolute Gasteiger partial charge is 0.312 e. The zero-order valence-electron chi connectivity index (χ0n) is 13.4. The Morgan fingerprint density at radius 1 is 1.11 bits per heavy atom. The molecule has 0 amide bonds. The van der Waals surface area contributed by atoms with Crippen LogP contribution in [0.4, 0.5) is 0 Å². The van der Waals surface area contributed by atoms with E-state index >= 15 is 0 Å². The summed E-state index contributed by atoms with van der Waals surface area (Å²) >= 11 is 0. The minimum absolute atomic E-state index is 0.0448. The highest BCUT2D eigenvalue weighted by Gasteiger charge is 2.39. The van der Waals surface area contributed by atoms with Crippen LogP contribution in [0.25, 0.3) is 0 Å². The van der Waals surface area contributed by atoms with Gasteiger partial charge in [0.25, 0.3) is 0 Å². The predicted octanol–water partition coefficient (Wildman–Crippen LogP) is 4.96. The molecule has 0 saturated carbocycles. The third kappa shape index (κ3) is 4.29. The van der Waals surface area contributed by atoms with Crippen molar-refractivity contribution in [2.75, 3.05) is 0 Å². The standard InChI is InChI=1S/C16H32O2/c1-8-11-12-16(10-3,13(4)5)18-14(17)15(6,7)9-2/h13H,8-12H2,1-7H3. The summed E-state index contributed by atoms with van der Waals surface area (Å²) < 4.78 is 5.97. The van der Waals surface area contributed by atoms with Gasteiger partial charge in [-0.1, -0.05) is 41.0 Å². The minimum atomic E-state index is -0.373. The van der Waals surface area contributed by atoms with Gasteiger partial charge in [0.2, 0.25) is 0 Å². The molecule has 0 aromatic heterocycles. The fourth-order valence-corrected chi connectivity index (χ4v) is 2.06. The van der Waals surface area contributed by atoms with E-state index in [-0.39, 0.29) is 17.0 Å². The fourth-order valence-electron chi connectivity index (χ4n) is 2.06. The van der Waals surface area contributed by atoms with E-state index in [1.807, 2.05) is 20.8 Å². The molecular formula is C16H32O2. The van der Waals surface area contributed by atoms with Crippen LogP contribution in [0.1, 0.15) is 80.6 Å². The predicted molar refractivity (Wildman–Crippen MR) is 77.5 cm³/mol. The van der Waals surface area contributed by atoms with Gasteiger partial charge in [-0.2, -0.15) is 0 Å². The first kappa shape index (κ1) is 17.5. The van der Waals surface area contributed by atoms with E-state index in [1.54, 1.807) is 0 Å². The van der Waals surface area contributed by atoms with Crippen LogP contribution >= 0.6 is 0 Å². The Hall–Kier alpha value is -0.530. The molecule has 0 heterocycles. The van der Waals surface area contributed by atoms with Crippen LogP contribution in [0.2, 0.25) is 0 Å². The molecule has 0 aliphatic heterocycles. The highest BCUT2D eigenvalue weighted by Crippen LogP contribution is 2.35. The van der Waals surface area contributed by atoms with E-state index in [4.69, 9.17) is 4.74 Å². The maximum absolute atomic E-state index is 12.3. The number of rotatable bonds is 8. The Kier molecular flexibility index (Phi) is 6.94. The van der Waals surface area contributed by atoms with Gasteiger partial charge in [0.15, 0.2) is 0 Å². The lowest BCUT2D eigenvalue weighted by Gasteiger charge is -2.39. The summed E-state index contributed by atoms with van der Waals surface area (Å²) in [6.45, 7) is 14.6. The molecule has 0 N–H and O–H groups in total. The van der Waals surface area contributed by atoms with Crippen molar-refractivity contribution in [1.29, 1.82) is 0 Å². The molecule has 1 unspecified atom stereocenters. The van der Waals surface area contributed by atoms with E-state index in [9.17, 15) is 4.79 Å². The maximum Gasteiger partial charge on any atom is 0.312 e. The van der Waals surface area contributed by atoms with Crippen LogP contribution in [0, 0.1) is 11.3 Å². The van der Waals surface area contributed by atoms with Gasteiger partial charge in [0.05, 0.1) is 5.41 Å². The fraction of sp³-hybridized carbons (Fsp3) is 0.938.